The highest BCUT2D eigenvalue weighted by molar-refractivity contribution is 6.35. The lowest BCUT2D eigenvalue weighted by molar-refractivity contribution is 0.103. The number of nitrogens with one attached hydrogen (secondary N) is 2. The van der Waals surface area contributed by atoms with E-state index in [1.54, 1.807) is 12.1 Å². The zero-order chi connectivity index (χ0) is 22.3. The van der Waals surface area contributed by atoms with Gasteiger partial charge in [-0.3, -0.25) is 4.79 Å². The standard InChI is InChI=1S/C27H29ClN2O2/c1-19-5-2-3-7-24(19)27(31)25-13-12-22(17-26(25)28)30-21-10-8-20(9-11-21)14-15-29-18-23-6-4-16-32-23/h2-3,5,7-13,17,23,29-30H,4,6,14-16,18H2,1H3. The first-order valence-electron chi connectivity index (χ1n) is 11.2. The molecule has 4 rings (SSSR count). The summed E-state index contributed by atoms with van der Waals surface area (Å²) in [6.45, 7) is 4.71. The van der Waals surface area contributed by atoms with Crippen LogP contribution in [-0.2, 0) is 11.2 Å². The number of carbonyl (C=O) groups excluding carboxylic acids is 1. The molecule has 2 N–H and O–H groups in total. The third-order valence-electron chi connectivity index (χ3n) is 5.83. The van der Waals surface area contributed by atoms with Gasteiger partial charge in [-0.05, 0) is 74.2 Å². The number of aryl methyl sites for hydroxylation is 1. The van der Waals surface area contributed by atoms with Crippen LogP contribution in [0.1, 0.15) is 39.9 Å². The first-order chi connectivity index (χ1) is 15.6. The van der Waals surface area contributed by atoms with Crippen molar-refractivity contribution in [2.75, 3.05) is 25.0 Å². The summed E-state index contributed by atoms with van der Waals surface area (Å²) in [4.78, 5) is 12.9. The summed E-state index contributed by atoms with van der Waals surface area (Å²) in [6.07, 6.45) is 3.71. The SMILES string of the molecule is Cc1ccccc1C(=O)c1ccc(Nc2ccc(CCNCC3CCCO3)cc2)cc1Cl. The summed E-state index contributed by atoms with van der Waals surface area (Å²) < 4.78 is 5.64. The van der Waals surface area contributed by atoms with Crippen LogP contribution >= 0.6 is 11.6 Å². The summed E-state index contributed by atoms with van der Waals surface area (Å²) in [5.74, 6) is -0.0582. The molecule has 0 aliphatic carbocycles. The zero-order valence-electron chi connectivity index (χ0n) is 18.4. The number of hydrogen-bond acceptors (Lipinski definition) is 4. The Hall–Kier alpha value is -2.66. The lowest BCUT2D eigenvalue weighted by Gasteiger charge is -2.12. The molecule has 0 spiro atoms. The normalized spacial score (nSPS) is 15.6. The van der Waals surface area contributed by atoms with Crippen molar-refractivity contribution in [2.24, 2.45) is 0 Å². The highest BCUT2D eigenvalue weighted by atomic mass is 35.5. The number of carbonyl (C=O) groups is 1. The summed E-state index contributed by atoms with van der Waals surface area (Å²) in [6, 6.07) is 21.4. The van der Waals surface area contributed by atoms with E-state index in [2.05, 4.69) is 34.9 Å². The van der Waals surface area contributed by atoms with Gasteiger partial charge in [0.05, 0.1) is 11.1 Å². The van der Waals surface area contributed by atoms with Crippen LogP contribution in [0.4, 0.5) is 11.4 Å². The Morgan fingerprint density at radius 2 is 1.81 bits per heavy atom. The van der Waals surface area contributed by atoms with Crippen LogP contribution in [0.2, 0.25) is 5.02 Å². The average Bonchev–Trinajstić information content (AvgIpc) is 3.31. The van der Waals surface area contributed by atoms with E-state index in [1.165, 1.54) is 18.4 Å². The van der Waals surface area contributed by atoms with Crippen LogP contribution in [0.3, 0.4) is 0 Å². The van der Waals surface area contributed by atoms with E-state index in [1.807, 2.05) is 37.3 Å². The number of halogens is 1. The molecule has 3 aromatic carbocycles. The fraction of sp³-hybridized carbons (Fsp3) is 0.296. The Bertz CT molecular complexity index is 1060. The van der Waals surface area contributed by atoms with Gasteiger partial charge in [-0.15, -0.1) is 0 Å². The maximum atomic E-state index is 12.9. The third kappa shape index (κ3) is 5.77. The van der Waals surface area contributed by atoms with Gasteiger partial charge in [0.25, 0.3) is 0 Å². The molecule has 5 heteroatoms. The number of rotatable bonds is 9. The minimum Gasteiger partial charge on any atom is -0.377 e. The minimum absolute atomic E-state index is 0.0582. The topological polar surface area (TPSA) is 50.4 Å². The molecule has 1 heterocycles. The van der Waals surface area contributed by atoms with Crippen molar-refractivity contribution < 1.29 is 9.53 Å². The second-order valence-corrected chi connectivity index (χ2v) is 8.66. The van der Waals surface area contributed by atoms with Crippen molar-refractivity contribution in [2.45, 2.75) is 32.3 Å². The van der Waals surface area contributed by atoms with Gasteiger partial charge in [0, 0.05) is 35.7 Å². The first kappa shape index (κ1) is 22.5. The molecule has 3 aromatic rings. The second kappa shape index (κ2) is 10.8. The van der Waals surface area contributed by atoms with E-state index in [-0.39, 0.29) is 5.78 Å². The van der Waals surface area contributed by atoms with Crippen molar-refractivity contribution in [3.63, 3.8) is 0 Å². The van der Waals surface area contributed by atoms with Crippen molar-refractivity contribution >= 4 is 28.8 Å². The number of ether oxygens (including phenoxy) is 1. The molecule has 0 radical (unpaired) electrons. The molecule has 0 bridgehead atoms. The minimum atomic E-state index is -0.0582. The van der Waals surface area contributed by atoms with Crippen molar-refractivity contribution in [3.05, 3.63) is 94.0 Å². The number of anilines is 2. The summed E-state index contributed by atoms with van der Waals surface area (Å²) in [5.41, 5.74) is 5.25. The molecular weight excluding hydrogens is 420 g/mol. The summed E-state index contributed by atoms with van der Waals surface area (Å²) >= 11 is 6.46. The molecule has 166 valence electrons. The number of ketones is 1. The smallest absolute Gasteiger partial charge is 0.194 e. The Morgan fingerprint density at radius 3 is 2.53 bits per heavy atom. The molecule has 0 aromatic heterocycles. The van der Waals surface area contributed by atoms with Gasteiger partial charge < -0.3 is 15.4 Å². The molecule has 1 unspecified atom stereocenters. The summed E-state index contributed by atoms with van der Waals surface area (Å²) in [7, 11) is 0. The van der Waals surface area contributed by atoms with Gasteiger partial charge in [-0.2, -0.15) is 0 Å². The lowest BCUT2D eigenvalue weighted by Crippen LogP contribution is -2.27. The van der Waals surface area contributed by atoms with E-state index < -0.39 is 0 Å². The molecule has 1 fully saturated rings. The number of hydrogen-bond donors (Lipinski definition) is 2. The predicted molar refractivity (Wildman–Crippen MR) is 131 cm³/mol. The molecule has 4 nitrogen and oxygen atoms in total. The largest absolute Gasteiger partial charge is 0.377 e. The Labute approximate surface area is 195 Å². The highest BCUT2D eigenvalue weighted by Gasteiger charge is 2.15. The molecule has 1 aliphatic heterocycles. The number of benzene rings is 3. The second-order valence-electron chi connectivity index (χ2n) is 8.25. The Morgan fingerprint density at radius 1 is 1.03 bits per heavy atom. The van der Waals surface area contributed by atoms with Crippen LogP contribution in [0.5, 0.6) is 0 Å². The molecule has 1 saturated heterocycles. The molecule has 1 atom stereocenters. The van der Waals surface area contributed by atoms with Crippen molar-refractivity contribution in [1.29, 1.82) is 0 Å². The third-order valence-corrected chi connectivity index (χ3v) is 6.15. The van der Waals surface area contributed by atoms with Gasteiger partial charge in [0.15, 0.2) is 5.78 Å². The Balaban J connectivity index is 1.32. The van der Waals surface area contributed by atoms with Crippen LogP contribution < -0.4 is 10.6 Å². The summed E-state index contributed by atoms with van der Waals surface area (Å²) in [5, 5.41) is 7.29. The molecule has 32 heavy (non-hydrogen) atoms. The maximum Gasteiger partial charge on any atom is 0.194 e. The van der Waals surface area contributed by atoms with Gasteiger partial charge in [0.1, 0.15) is 0 Å². The van der Waals surface area contributed by atoms with Crippen LogP contribution in [-0.4, -0.2) is 31.6 Å². The Kier molecular flexibility index (Phi) is 7.59. The molecule has 1 aliphatic rings. The van der Waals surface area contributed by atoms with E-state index >= 15 is 0 Å². The fourth-order valence-corrected chi connectivity index (χ4v) is 4.24. The van der Waals surface area contributed by atoms with Gasteiger partial charge in [-0.25, -0.2) is 0 Å². The van der Waals surface area contributed by atoms with E-state index in [9.17, 15) is 4.79 Å². The zero-order valence-corrected chi connectivity index (χ0v) is 19.1. The predicted octanol–water partition coefficient (Wildman–Crippen LogP) is 5.93. The van der Waals surface area contributed by atoms with Gasteiger partial charge in [0.2, 0.25) is 0 Å². The quantitative estimate of drug-likeness (QED) is 0.314. The van der Waals surface area contributed by atoms with E-state index in [0.29, 0.717) is 22.3 Å². The molecule has 0 amide bonds. The molecular formula is C27H29ClN2O2. The monoisotopic (exact) mass is 448 g/mol. The van der Waals surface area contributed by atoms with Crippen molar-refractivity contribution in [1.82, 2.24) is 5.32 Å². The highest BCUT2D eigenvalue weighted by Crippen LogP contribution is 2.26. The van der Waals surface area contributed by atoms with Gasteiger partial charge in [-0.1, -0.05) is 48.0 Å². The first-order valence-corrected chi connectivity index (χ1v) is 11.6. The average molecular weight is 449 g/mol. The van der Waals surface area contributed by atoms with Crippen LogP contribution in [0.15, 0.2) is 66.7 Å². The van der Waals surface area contributed by atoms with E-state index in [0.717, 1.165) is 43.1 Å². The van der Waals surface area contributed by atoms with Crippen LogP contribution in [0.25, 0.3) is 0 Å². The lowest BCUT2D eigenvalue weighted by atomic mass is 9.99. The van der Waals surface area contributed by atoms with Crippen molar-refractivity contribution in [3.8, 4) is 0 Å². The van der Waals surface area contributed by atoms with E-state index in [4.69, 9.17) is 16.3 Å². The van der Waals surface area contributed by atoms with Gasteiger partial charge >= 0.3 is 0 Å². The maximum absolute atomic E-state index is 12.9. The molecule has 0 saturated carbocycles. The van der Waals surface area contributed by atoms with Crippen LogP contribution in [0, 0.1) is 6.92 Å². The fourth-order valence-electron chi connectivity index (χ4n) is 3.97.